The van der Waals surface area contributed by atoms with Gasteiger partial charge in [0.2, 0.25) is 0 Å². The van der Waals surface area contributed by atoms with E-state index in [4.69, 9.17) is 19.2 Å². The average Bonchev–Trinajstić information content (AvgIpc) is 0.796. The van der Waals surface area contributed by atoms with Crippen molar-refractivity contribution in [3.05, 3.63) is 181 Å². The van der Waals surface area contributed by atoms with Crippen molar-refractivity contribution >= 4 is 86.2 Å². The second-order valence-corrected chi connectivity index (χ2v) is 12.0. The number of hydrogen-bond acceptors (Lipinski definition) is 0. The lowest BCUT2D eigenvalue weighted by molar-refractivity contribution is 1.65. The maximum atomic E-state index is 10.3. The van der Waals surface area contributed by atoms with Crippen LogP contribution in [0.1, 0.15) is 41.1 Å². The van der Waals surface area contributed by atoms with E-state index in [1.165, 1.54) is 0 Å². The van der Waals surface area contributed by atoms with Gasteiger partial charge in [0.1, 0.15) is 0 Å². The first-order valence-corrected chi connectivity index (χ1v) is 15.8. The number of benzene rings is 12. The molecule has 12 aromatic carbocycles. The Labute approximate surface area is 342 Å². The highest BCUT2D eigenvalue weighted by Gasteiger charge is 2.18. The molecule has 52 heavy (non-hydrogen) atoms. The van der Waals surface area contributed by atoms with E-state index in [-0.39, 0.29) is 21.5 Å². The van der Waals surface area contributed by atoms with E-state index in [2.05, 4.69) is 0 Å². The van der Waals surface area contributed by atoms with Crippen LogP contribution in [0.2, 0.25) is 0 Å². The predicted octanol–water partition coefficient (Wildman–Crippen LogP) is 14.8. The van der Waals surface area contributed by atoms with Gasteiger partial charge in [-0.2, -0.15) is 0 Å². The van der Waals surface area contributed by atoms with Gasteiger partial charge in [0.15, 0.2) is 0 Å². The molecule has 0 nitrogen and oxygen atoms in total. The van der Waals surface area contributed by atoms with Crippen LogP contribution < -0.4 is 0 Å². The molecule has 0 aliphatic carbocycles. The molecule has 0 amide bonds. The molecule has 12 aromatic rings. The molecular formula is C52H30. The maximum absolute atomic E-state index is 10.3. The van der Waals surface area contributed by atoms with Crippen molar-refractivity contribution in [2.75, 3.05) is 0 Å². The fourth-order valence-corrected chi connectivity index (χ4v) is 7.06. The van der Waals surface area contributed by atoms with Gasteiger partial charge < -0.3 is 0 Å². The lowest BCUT2D eigenvalue weighted by atomic mass is 9.85. The van der Waals surface area contributed by atoms with Gasteiger partial charge >= 0.3 is 0 Å². The van der Waals surface area contributed by atoms with E-state index in [0.717, 1.165) is 0 Å². The first kappa shape index (κ1) is 11.9. The Morgan fingerprint density at radius 3 is 1.21 bits per heavy atom. The van der Waals surface area contributed by atoms with E-state index >= 15 is 0 Å². The van der Waals surface area contributed by atoms with Crippen LogP contribution in [0.4, 0.5) is 0 Å². The summed E-state index contributed by atoms with van der Waals surface area (Å²) in [5.41, 5.74) is -4.87. The van der Waals surface area contributed by atoms with Crippen LogP contribution in [0.3, 0.4) is 0 Å². The largest absolute Gasteiger partial charge is 0.0636 e. The molecule has 0 saturated heterocycles. The Kier molecular flexibility index (Phi) is 2.38. The summed E-state index contributed by atoms with van der Waals surface area (Å²) >= 11 is 0. The molecule has 0 heterocycles. The molecule has 238 valence electrons. The third-order valence-electron chi connectivity index (χ3n) is 9.31. The quantitative estimate of drug-likeness (QED) is 0.163. The van der Waals surface area contributed by atoms with E-state index in [9.17, 15) is 21.9 Å². The molecule has 0 radical (unpaired) electrons. The topological polar surface area (TPSA) is 0 Å². The smallest absolute Gasteiger partial charge is 0.0616 e. The second-order valence-electron chi connectivity index (χ2n) is 12.0. The Morgan fingerprint density at radius 1 is 0.231 bits per heavy atom. The summed E-state index contributed by atoms with van der Waals surface area (Å²) in [5.74, 6) is 0. The summed E-state index contributed by atoms with van der Waals surface area (Å²) in [6, 6.07) is -27.1. The van der Waals surface area contributed by atoms with Crippen LogP contribution in [0.5, 0.6) is 0 Å². The van der Waals surface area contributed by atoms with Crippen LogP contribution >= 0.6 is 0 Å². The third-order valence-corrected chi connectivity index (χ3v) is 9.31. The van der Waals surface area contributed by atoms with E-state index in [0.29, 0.717) is 0 Å². The van der Waals surface area contributed by atoms with Crippen molar-refractivity contribution < 1.29 is 41.1 Å². The second kappa shape index (κ2) is 10.4. The van der Waals surface area contributed by atoms with Crippen molar-refractivity contribution in [3.63, 3.8) is 0 Å². The molecule has 0 aliphatic rings. The van der Waals surface area contributed by atoms with Crippen molar-refractivity contribution in [2.45, 2.75) is 0 Å². The normalized spacial score (nSPS) is 20.3. The Bertz CT molecular complexity index is 5090. The summed E-state index contributed by atoms with van der Waals surface area (Å²) < 4.78 is 277. The van der Waals surface area contributed by atoms with Crippen LogP contribution in [-0.2, 0) is 0 Å². The van der Waals surface area contributed by atoms with Gasteiger partial charge in [-0.1, -0.05) is 169 Å². The molecule has 0 N–H and O–H groups in total. The standard InChI is InChI=1S/C52H30/c1-2-12-39-37(7-1)29-38(40-23-19-35-17-15-31-8-5-10-33-21-25-46(40)51(35)49(31)33)30-48(39)45-28-27-43(41-13-3-4-14-42(41)45)44-24-20-36-18-16-32-9-6-11-34-22-26-47(44)52(36)50(32)34/h1-30H/i1D,2D,3D,4D,5D,6D,7D,8D,9D,10D,11D,12D,13D,14D,15D,16D,17D,18D,19D,20D,21D,22D,23D,24D,25D,26D,27D,28D,29D,30D. The monoisotopic (exact) mass is 684 g/mol. The summed E-state index contributed by atoms with van der Waals surface area (Å²) in [5, 5.41) is -8.49. The van der Waals surface area contributed by atoms with Gasteiger partial charge in [-0.3, -0.25) is 0 Å². The highest BCUT2D eigenvalue weighted by molar-refractivity contribution is 6.27. The summed E-state index contributed by atoms with van der Waals surface area (Å²) in [4.78, 5) is 0. The zero-order chi connectivity index (χ0) is 60.0. The Morgan fingerprint density at radius 2 is 0.615 bits per heavy atom. The number of rotatable bonds is 3. The van der Waals surface area contributed by atoms with Gasteiger partial charge in [0, 0.05) is 0 Å². The van der Waals surface area contributed by atoms with Crippen LogP contribution in [0.15, 0.2) is 181 Å². The summed E-state index contributed by atoms with van der Waals surface area (Å²) in [7, 11) is 0. The summed E-state index contributed by atoms with van der Waals surface area (Å²) in [6.07, 6.45) is 0. The number of hydrogen-bond donors (Lipinski definition) is 0. The molecule has 0 aliphatic heterocycles. The molecule has 0 heteroatoms. The molecule has 0 aromatic heterocycles. The van der Waals surface area contributed by atoms with Crippen LogP contribution in [0, 0.1) is 0 Å². The van der Waals surface area contributed by atoms with E-state index in [1.54, 1.807) is 0 Å². The molecule has 0 atom stereocenters. The van der Waals surface area contributed by atoms with Gasteiger partial charge in [-0.15, -0.1) is 0 Å². The zero-order valence-electron chi connectivity index (χ0n) is 56.0. The fourth-order valence-electron chi connectivity index (χ4n) is 7.06. The maximum Gasteiger partial charge on any atom is 0.0636 e. The van der Waals surface area contributed by atoms with Gasteiger partial charge in [0.25, 0.3) is 0 Å². The predicted molar refractivity (Wildman–Crippen MR) is 225 cm³/mol. The highest BCUT2D eigenvalue weighted by Crippen LogP contribution is 2.46. The van der Waals surface area contributed by atoms with Crippen LogP contribution in [0.25, 0.3) is 120 Å². The van der Waals surface area contributed by atoms with Crippen molar-refractivity contribution in [3.8, 4) is 33.4 Å². The van der Waals surface area contributed by atoms with E-state index < -0.39 is 279 Å². The molecule has 0 saturated carbocycles. The fraction of sp³-hybridized carbons (Fsp3) is 0. The van der Waals surface area contributed by atoms with Crippen molar-refractivity contribution in [1.82, 2.24) is 0 Å². The van der Waals surface area contributed by atoms with Gasteiger partial charge in [-0.05, 0) is 132 Å². The first-order valence-electron chi connectivity index (χ1n) is 30.8. The average molecular weight is 685 g/mol. The van der Waals surface area contributed by atoms with Crippen molar-refractivity contribution in [1.29, 1.82) is 0 Å². The molecule has 0 unspecified atom stereocenters. The first-order chi connectivity index (χ1) is 38.3. The lowest BCUT2D eigenvalue weighted by Gasteiger charge is -2.18. The van der Waals surface area contributed by atoms with E-state index in [1.807, 2.05) is 0 Å². The van der Waals surface area contributed by atoms with Crippen LogP contribution in [-0.4, -0.2) is 0 Å². The summed E-state index contributed by atoms with van der Waals surface area (Å²) in [6.45, 7) is 0. The molecule has 0 bridgehead atoms. The SMILES string of the molecule is [2H]c1c([2H])c([2H])c2c(-c3c([2H])c([2H])c(-c4c([2H])c([2H])c5c([2H])c([2H])c6c([2H])c([2H])c([2H])c7c([2H])c([2H])c4c5c67)c4c([2H])c([2H])c([2H])c([2H])c34)c([2H])c(-c3c([2H])c([2H])c4c([2H])c([2H])c5c([2H])c([2H])c([2H])c6c([2H])c([2H])c3c4c56)c([2H])c2c1[2H]. The van der Waals surface area contributed by atoms with Gasteiger partial charge in [0.05, 0.1) is 41.1 Å². The van der Waals surface area contributed by atoms with Gasteiger partial charge in [-0.25, -0.2) is 0 Å². The minimum atomic E-state index is -1.14. The lowest BCUT2D eigenvalue weighted by Crippen LogP contribution is -1.91. The Hall–Kier alpha value is -6.76. The Balaban J connectivity index is 1.35. The molecule has 0 spiro atoms. The van der Waals surface area contributed by atoms with Crippen molar-refractivity contribution in [2.24, 2.45) is 0 Å². The number of fused-ring (bicyclic) bond motifs is 2. The minimum absolute atomic E-state index is 0.319. The zero-order valence-corrected chi connectivity index (χ0v) is 26.0. The molecular weight excluding hydrogens is 625 g/mol. The molecule has 12 rings (SSSR count). The third kappa shape index (κ3) is 3.81. The highest BCUT2D eigenvalue weighted by atomic mass is 14.2. The minimum Gasteiger partial charge on any atom is -0.0616 e. The molecule has 0 fully saturated rings.